The van der Waals surface area contributed by atoms with Gasteiger partial charge in [0.15, 0.2) is 17.1 Å². The number of aryl methyl sites for hydroxylation is 1. The van der Waals surface area contributed by atoms with Crippen molar-refractivity contribution in [3.8, 4) is 0 Å². The Morgan fingerprint density at radius 3 is 1.01 bits per heavy atom. The zero-order valence-electron chi connectivity index (χ0n) is 55.9. The largest absolute Gasteiger partial charge is 0.477 e. The highest BCUT2D eigenvalue weighted by Gasteiger charge is 2.25. The van der Waals surface area contributed by atoms with Crippen LogP contribution in [-0.4, -0.2) is 80.1 Å². The first-order valence-corrected chi connectivity index (χ1v) is 35.6. The lowest BCUT2D eigenvalue weighted by Crippen LogP contribution is -2.31. The normalized spacial score (nSPS) is 10.3. The predicted molar refractivity (Wildman–Crippen MR) is 445 cm³/mol. The fourth-order valence-electron chi connectivity index (χ4n) is 10.2. The number of hydrogen-bond donors (Lipinski definition) is 6. The molecule has 13 rings (SSSR count). The number of aromatic nitrogens is 3. The minimum Gasteiger partial charge on any atom is -0.477 e. The first-order chi connectivity index (χ1) is 51.2. The van der Waals surface area contributed by atoms with Gasteiger partial charge >= 0.3 is 35.3 Å². The number of nitrogen functional groups attached to an aromatic ring is 1. The predicted octanol–water partition coefficient (Wildman–Crippen LogP) is 23.9. The number of carbonyl (C=O) groups is 6. The lowest BCUT2D eigenvalue weighted by Gasteiger charge is -2.24. The van der Waals surface area contributed by atoms with Crippen molar-refractivity contribution in [1.29, 1.82) is 0 Å². The number of fused-ring (bicyclic) bond motifs is 3. The topological polar surface area (TPSA) is 305 Å². The molecule has 566 valence electrons. The van der Waals surface area contributed by atoms with Crippen molar-refractivity contribution >= 4 is 211 Å². The molecule has 29 heteroatoms. The first-order valence-electron chi connectivity index (χ1n) is 31.5. The number of anilines is 9. The molecule has 0 fully saturated rings. The quantitative estimate of drug-likeness (QED) is 0.0270. The van der Waals surface area contributed by atoms with E-state index in [1.165, 1.54) is 69.3 Å². The summed E-state index contributed by atoms with van der Waals surface area (Å²) in [6.07, 6.45) is 0. The van der Waals surface area contributed by atoms with Gasteiger partial charge in [0.05, 0.1) is 88.6 Å². The molecule has 5 amide bonds. The number of carbonyl (C=O) groups excluding carboxylic acids is 4. The maximum atomic E-state index is 13.4. The van der Waals surface area contributed by atoms with Crippen LogP contribution in [-0.2, 0) is 14.9 Å². The highest BCUT2D eigenvalue weighted by Crippen LogP contribution is 2.38. The molecule has 0 unspecified atom stereocenters. The molecule has 110 heavy (non-hydrogen) atoms. The van der Waals surface area contributed by atoms with Crippen molar-refractivity contribution in [2.45, 2.75) is 41.0 Å². The van der Waals surface area contributed by atoms with Crippen molar-refractivity contribution in [2.24, 2.45) is 0 Å². The molecule has 0 saturated carbocycles. The zero-order valence-corrected chi connectivity index (χ0v) is 62.0. The third-order valence-electron chi connectivity index (χ3n) is 14.9. The summed E-state index contributed by atoms with van der Waals surface area (Å²) in [4.78, 5) is 89.7. The number of rotatable bonds is 13. The number of carboxylic acid groups (broad SMARTS) is 2. The molecule has 0 atom stereocenters. The summed E-state index contributed by atoms with van der Waals surface area (Å²) < 4.78 is 34.4. The van der Waals surface area contributed by atoms with Crippen LogP contribution in [0.2, 0.25) is 30.1 Å². The number of halogens is 7. The molecule has 0 aliphatic heterocycles. The summed E-state index contributed by atoms with van der Waals surface area (Å²) in [5.74, 6) is -3.00. The Labute approximate surface area is 669 Å². The van der Waals surface area contributed by atoms with Crippen LogP contribution in [0.3, 0.4) is 0 Å². The minimum atomic E-state index is -4.02. The number of urea groups is 2. The van der Waals surface area contributed by atoms with Crippen LogP contribution in [0.4, 0.5) is 65.6 Å². The van der Waals surface area contributed by atoms with E-state index in [9.17, 15) is 47.4 Å². The van der Waals surface area contributed by atoms with Crippen LogP contribution < -0.4 is 31.1 Å². The molecular formula is C81H70Cl7N9O12S. The molecule has 0 aliphatic carbocycles. The lowest BCUT2D eigenvalue weighted by atomic mass is 10.1. The summed E-state index contributed by atoms with van der Waals surface area (Å²) in [5, 5.41) is 27.3. The number of benzene rings is 10. The molecule has 0 radical (unpaired) electrons. The lowest BCUT2D eigenvalue weighted by molar-refractivity contribution is 0.0518. The first kappa shape index (κ1) is 87.5. The van der Waals surface area contributed by atoms with Crippen LogP contribution in [0.25, 0.3) is 32.7 Å². The smallest absolute Gasteiger partial charge is 0.357 e. The van der Waals surface area contributed by atoms with Gasteiger partial charge in [0.2, 0.25) is 0 Å². The van der Waals surface area contributed by atoms with E-state index in [1.54, 1.807) is 79.7 Å². The molecule has 10 aromatic carbocycles. The van der Waals surface area contributed by atoms with Gasteiger partial charge in [-0.05, 0) is 165 Å². The van der Waals surface area contributed by atoms with Crippen molar-refractivity contribution in [3.05, 3.63) is 314 Å². The highest BCUT2D eigenvalue weighted by atomic mass is 35.5. The molecule has 13 aromatic rings. The number of amides is 5. The van der Waals surface area contributed by atoms with Gasteiger partial charge in [-0.15, -0.1) is 0 Å². The summed E-state index contributed by atoms with van der Waals surface area (Å²) in [6.45, 7) is 3.83. The number of ether oxygens (including phenoxy) is 1. The third kappa shape index (κ3) is 23.1. The summed E-state index contributed by atoms with van der Waals surface area (Å²) in [6, 6.07) is 73.2. The van der Waals surface area contributed by atoms with E-state index in [0.717, 1.165) is 16.9 Å². The summed E-state index contributed by atoms with van der Waals surface area (Å²) >= 11 is 42.4. The van der Waals surface area contributed by atoms with Crippen molar-refractivity contribution in [3.63, 3.8) is 0 Å². The number of hydrogen-bond acceptors (Lipinski definition) is 13. The molecule has 0 aliphatic rings. The Kier molecular flexibility index (Phi) is 32.4. The number of nitrogens with zero attached hydrogens (tertiary/aromatic N) is 6. The Morgan fingerprint density at radius 2 is 0.718 bits per heavy atom. The molecule has 3 heterocycles. The Balaban J connectivity index is 0.000000223. The van der Waals surface area contributed by atoms with E-state index in [1.807, 2.05) is 140 Å². The number of nitrogens with one attached hydrogen (secondary N) is 2. The average molecular weight is 1640 g/mol. The summed E-state index contributed by atoms with van der Waals surface area (Å²) in [5.41, 5.74) is 12.3. The van der Waals surface area contributed by atoms with Crippen LogP contribution in [0.15, 0.2) is 266 Å². The standard InChI is InChI=1S/2C23H15Cl2N3O3.C13H10ClNO.C12H10Cl2N2O2.C7H8O3S.3CH4/c2*24-14-11-17(25)21-18(12-14)26-20(22(29)30)13-19(21)27-23(31)28(15-7-3-1-4-8-15)16-9-5-2-6-10-16;14-13(16)15(11-7-3-1-4-8-11)12-9-5-2-6-10-12;1-2-18-12(17)10-5-8(15)11-7(14)3-6(13)4-9(11)16-10;1-6-2-4-7(5-3-6)11(8,9)10;;;/h2*1-13H,(H,29,30)(H,26,27,31);1-10H;3-5H,2H2,1H3,(H2,15,16);2-5H,1H3,(H,8,9,10);3*1H4. The van der Waals surface area contributed by atoms with Gasteiger partial charge in [-0.1, -0.05) is 219 Å². The number of aromatic carboxylic acids is 2. The number of para-hydroxylation sites is 6. The van der Waals surface area contributed by atoms with Crippen molar-refractivity contribution < 1.29 is 56.7 Å². The van der Waals surface area contributed by atoms with Crippen molar-refractivity contribution in [1.82, 2.24) is 15.0 Å². The molecule has 0 spiro atoms. The highest BCUT2D eigenvalue weighted by molar-refractivity contribution is 7.85. The van der Waals surface area contributed by atoms with Gasteiger partial charge in [-0.3, -0.25) is 24.0 Å². The van der Waals surface area contributed by atoms with Gasteiger partial charge in [0.25, 0.3) is 10.1 Å². The Bertz CT molecular complexity index is 5190. The molecule has 3 aromatic heterocycles. The second kappa shape index (κ2) is 40.7. The van der Waals surface area contributed by atoms with Gasteiger partial charge in [-0.25, -0.2) is 38.9 Å². The van der Waals surface area contributed by atoms with E-state index in [2.05, 4.69) is 25.6 Å². The van der Waals surface area contributed by atoms with E-state index in [4.69, 9.17) is 96.2 Å². The number of pyridine rings is 3. The molecule has 0 saturated heterocycles. The maximum Gasteiger partial charge on any atom is 0.357 e. The maximum absolute atomic E-state index is 13.4. The van der Waals surface area contributed by atoms with Gasteiger partial charge in [0, 0.05) is 36.9 Å². The monoisotopic (exact) mass is 1640 g/mol. The van der Waals surface area contributed by atoms with Crippen LogP contribution >= 0.6 is 81.2 Å². The third-order valence-corrected chi connectivity index (χ3v) is 17.5. The zero-order chi connectivity index (χ0) is 77.1. The van der Waals surface area contributed by atoms with Gasteiger partial charge in [0.1, 0.15) is 0 Å². The number of carboxylic acids is 2. The Hall–Kier alpha value is -11.4. The second-order valence-corrected chi connectivity index (χ2v) is 26.6. The SMILES string of the molecule is C.C.C.CCOC(=O)c1cc(N)c2c(Cl)cc(Cl)cc2n1.Cc1ccc(S(=O)(=O)O)cc1.O=C(Cl)N(c1ccccc1)c1ccccc1.O=C(O)c1cc(NC(=O)N(c2ccccc2)c2ccccc2)c2c(Cl)cc(Cl)cc2n1.O=C(O)c1cc(NC(=O)N(c2ccccc2)c2ccccc2)c2c(Cl)cc(Cl)cc2n1. The van der Waals surface area contributed by atoms with Crippen molar-refractivity contribution in [2.75, 3.05) is 37.7 Å². The summed E-state index contributed by atoms with van der Waals surface area (Å²) in [7, 11) is -4.02. The number of nitrogens with two attached hydrogens (primary N) is 1. The fourth-order valence-corrected chi connectivity index (χ4v) is 12.7. The van der Waals surface area contributed by atoms with Crippen LogP contribution in [0.5, 0.6) is 0 Å². The molecular weight excluding hydrogens is 1570 g/mol. The van der Waals surface area contributed by atoms with E-state index in [-0.39, 0.29) is 83.3 Å². The number of esters is 1. The Morgan fingerprint density at radius 1 is 0.427 bits per heavy atom. The van der Waals surface area contributed by atoms with E-state index < -0.39 is 45.5 Å². The second-order valence-electron chi connectivity index (χ2n) is 22.3. The minimum absolute atomic E-state index is 0. The average Bonchev–Trinajstić information content (AvgIpc) is 0.786. The molecule has 21 nitrogen and oxygen atoms in total. The van der Waals surface area contributed by atoms with E-state index in [0.29, 0.717) is 70.2 Å². The van der Waals surface area contributed by atoms with E-state index >= 15 is 0 Å². The van der Waals surface area contributed by atoms with Gasteiger partial charge in [-0.2, -0.15) is 8.42 Å². The van der Waals surface area contributed by atoms with Gasteiger partial charge < -0.3 is 31.3 Å². The molecule has 0 bridgehead atoms. The van der Waals surface area contributed by atoms with Crippen LogP contribution in [0.1, 0.15) is 66.2 Å². The molecule has 7 N–H and O–H groups in total. The van der Waals surface area contributed by atoms with Crippen LogP contribution in [0, 0.1) is 6.92 Å². The fraction of sp³-hybridized carbons (Fsp3) is 0.0741.